The number of halogens is 1. The first-order valence-electron chi connectivity index (χ1n) is 6.72. The number of methoxy groups -OCH3 is 1. The molecule has 0 aliphatic rings. The van der Waals surface area contributed by atoms with Crippen molar-refractivity contribution < 1.29 is 28.4 Å². The van der Waals surface area contributed by atoms with Crippen molar-refractivity contribution in [3.05, 3.63) is 44.1 Å². The predicted molar refractivity (Wildman–Crippen MR) is 85.0 cm³/mol. The first-order chi connectivity index (χ1) is 11.0. The number of nitro benzene ring substituents is 1. The van der Waals surface area contributed by atoms with Gasteiger partial charge >= 0.3 is 144 Å². The van der Waals surface area contributed by atoms with E-state index in [1.54, 1.807) is 20.8 Å². The number of carbonyl (C=O) groups is 2. The molecule has 0 aliphatic carbocycles. The van der Waals surface area contributed by atoms with Crippen LogP contribution in [0.2, 0.25) is 0 Å². The van der Waals surface area contributed by atoms with Crippen molar-refractivity contribution in [3.63, 3.8) is 0 Å². The van der Waals surface area contributed by atoms with E-state index in [0.29, 0.717) is 0 Å². The van der Waals surface area contributed by atoms with Gasteiger partial charge in [-0.25, -0.2) is 0 Å². The number of hydrogen-bond donors (Lipinski definition) is 0. The van der Waals surface area contributed by atoms with Gasteiger partial charge in [0, 0.05) is 0 Å². The second-order valence-electron chi connectivity index (χ2n) is 5.57. The monoisotopic (exact) mass is 400 g/mol. The van der Waals surface area contributed by atoms with E-state index in [2.05, 4.69) is 4.74 Å². The minimum atomic E-state index is -1.44. The van der Waals surface area contributed by atoms with Crippen LogP contribution in [0.25, 0.3) is 6.08 Å². The molecule has 0 aliphatic heterocycles. The van der Waals surface area contributed by atoms with Crippen LogP contribution in [0.3, 0.4) is 0 Å². The van der Waals surface area contributed by atoms with Crippen molar-refractivity contribution in [1.82, 2.24) is 0 Å². The normalized spacial score (nSPS) is 12.3. The van der Waals surface area contributed by atoms with Gasteiger partial charge in [0.05, 0.1) is 0 Å². The summed E-state index contributed by atoms with van der Waals surface area (Å²) in [5, 5.41) is 11.0. The van der Waals surface area contributed by atoms with E-state index in [0.717, 1.165) is 31.4 Å². The Morgan fingerprint density at radius 2 is 1.96 bits per heavy atom. The molecule has 0 amide bonds. The minimum absolute atomic E-state index is 0.0864. The molecule has 7 nitrogen and oxygen atoms in total. The summed E-state index contributed by atoms with van der Waals surface area (Å²) in [6, 6.07) is 2.84. The van der Waals surface area contributed by atoms with Gasteiger partial charge in [-0.3, -0.25) is 0 Å². The Morgan fingerprint density at radius 3 is 2.46 bits per heavy atom. The fraction of sp³-hybridized carbons (Fsp3) is 0.333. The SMILES string of the molecule is COC(=O)/C(=C\c1cc(F)ccc1[N+](=O)[O-])[As]C(=O)OC(C)(C)C. The van der Waals surface area contributed by atoms with Crippen LogP contribution in [0.5, 0.6) is 0 Å². The fourth-order valence-electron chi connectivity index (χ4n) is 1.58. The van der Waals surface area contributed by atoms with Gasteiger partial charge in [-0.1, -0.05) is 0 Å². The number of benzene rings is 1. The molecule has 0 saturated heterocycles. The molecular formula is C15H16AsFNO6. The number of rotatable bonds is 5. The van der Waals surface area contributed by atoms with Crippen molar-refractivity contribution in [2.75, 3.05) is 7.11 Å². The molecule has 0 spiro atoms. The van der Waals surface area contributed by atoms with E-state index >= 15 is 0 Å². The molecular weight excluding hydrogens is 384 g/mol. The molecule has 0 aromatic heterocycles. The second kappa shape index (κ2) is 8.06. The van der Waals surface area contributed by atoms with E-state index in [1.165, 1.54) is 0 Å². The van der Waals surface area contributed by atoms with Gasteiger partial charge in [0.2, 0.25) is 0 Å². The second-order valence-corrected chi connectivity index (χ2v) is 7.82. The summed E-state index contributed by atoms with van der Waals surface area (Å²) >= 11 is -1.44. The molecule has 0 atom stereocenters. The Labute approximate surface area is 144 Å². The van der Waals surface area contributed by atoms with Crippen molar-refractivity contribution in [1.29, 1.82) is 0 Å². The summed E-state index contributed by atoms with van der Waals surface area (Å²) in [6.07, 6.45) is 1.09. The third-order valence-corrected chi connectivity index (χ3v) is 4.21. The van der Waals surface area contributed by atoms with E-state index in [4.69, 9.17) is 4.74 Å². The Bertz CT molecular complexity index is 696. The summed E-state index contributed by atoms with van der Waals surface area (Å²) in [6.45, 7) is 5.01. The molecule has 1 rings (SSSR count). The molecule has 0 unspecified atom stereocenters. The van der Waals surface area contributed by atoms with Crippen molar-refractivity contribution in [3.8, 4) is 0 Å². The van der Waals surface area contributed by atoms with E-state index in [9.17, 15) is 24.1 Å². The zero-order chi connectivity index (χ0) is 18.5. The standard InChI is InChI=1S/C15H16AsFNO6/c1-15(2,3)24-14(20)16-11(13(19)23-4)8-9-7-10(17)5-6-12(9)18(21)22/h5-8H,1-4H3/b11-8+. The Hall–Kier alpha value is -2.21. The average Bonchev–Trinajstić information content (AvgIpc) is 2.43. The zero-order valence-electron chi connectivity index (χ0n) is 13.5. The van der Waals surface area contributed by atoms with Crippen LogP contribution in [-0.2, 0) is 14.3 Å². The molecule has 0 bridgehead atoms. The van der Waals surface area contributed by atoms with Crippen molar-refractivity contribution in [2.24, 2.45) is 0 Å². The maximum atomic E-state index is 13.4. The topological polar surface area (TPSA) is 95.7 Å². The van der Waals surface area contributed by atoms with Crippen LogP contribution < -0.4 is 0 Å². The Morgan fingerprint density at radius 1 is 1.33 bits per heavy atom. The Kier molecular flexibility index (Phi) is 6.66. The molecule has 9 heteroatoms. The van der Waals surface area contributed by atoms with Gasteiger partial charge < -0.3 is 0 Å². The summed E-state index contributed by atoms with van der Waals surface area (Å²) < 4.78 is 22.4. The third kappa shape index (κ3) is 6.12. The molecule has 0 N–H and O–H groups in total. The number of nitro groups is 1. The Balaban J connectivity index is 3.24. The van der Waals surface area contributed by atoms with Crippen molar-refractivity contribution in [2.45, 2.75) is 26.4 Å². The van der Waals surface area contributed by atoms with Crippen LogP contribution in [0.15, 0.2) is 22.6 Å². The quantitative estimate of drug-likeness (QED) is 0.248. The summed E-state index contributed by atoms with van der Waals surface area (Å²) in [7, 11) is 1.12. The molecule has 1 aromatic rings. The number of ether oxygens (including phenoxy) is 2. The first kappa shape index (κ1) is 19.8. The van der Waals surface area contributed by atoms with Gasteiger partial charge in [-0.05, 0) is 0 Å². The maximum absolute atomic E-state index is 13.4. The zero-order valence-corrected chi connectivity index (χ0v) is 15.4. The van der Waals surface area contributed by atoms with Gasteiger partial charge in [0.1, 0.15) is 0 Å². The first-order valence-corrected chi connectivity index (χ1v) is 8.60. The van der Waals surface area contributed by atoms with Crippen molar-refractivity contribution >= 4 is 38.2 Å². The molecule has 0 heterocycles. The molecule has 0 fully saturated rings. The fourth-order valence-corrected chi connectivity index (χ4v) is 3.47. The van der Waals surface area contributed by atoms with Gasteiger partial charge in [-0.2, -0.15) is 0 Å². The van der Waals surface area contributed by atoms with Crippen LogP contribution in [0.1, 0.15) is 26.3 Å². The van der Waals surface area contributed by atoms with E-state index in [-0.39, 0.29) is 15.6 Å². The third-order valence-electron chi connectivity index (χ3n) is 2.48. The van der Waals surface area contributed by atoms with Crippen LogP contribution >= 0.6 is 0 Å². The van der Waals surface area contributed by atoms with Crippen LogP contribution in [0, 0.1) is 15.9 Å². The summed E-state index contributed by atoms with van der Waals surface area (Å²) in [5.74, 6) is -1.52. The van der Waals surface area contributed by atoms with E-state index < -0.39 is 42.8 Å². The number of esters is 1. The van der Waals surface area contributed by atoms with Gasteiger partial charge in [0.25, 0.3) is 0 Å². The molecule has 129 valence electrons. The molecule has 24 heavy (non-hydrogen) atoms. The number of carbonyl (C=O) groups excluding carboxylic acids is 2. The average molecular weight is 400 g/mol. The van der Waals surface area contributed by atoms with Crippen LogP contribution in [-0.4, -0.2) is 44.1 Å². The summed E-state index contributed by atoms with van der Waals surface area (Å²) in [5.41, 5.74) is -1.25. The van der Waals surface area contributed by atoms with Gasteiger partial charge in [-0.15, -0.1) is 0 Å². The molecule has 1 aromatic carbocycles. The van der Waals surface area contributed by atoms with E-state index in [1.807, 2.05) is 0 Å². The number of hydrogen-bond acceptors (Lipinski definition) is 6. The molecule has 0 saturated carbocycles. The van der Waals surface area contributed by atoms with Gasteiger partial charge in [0.15, 0.2) is 0 Å². The predicted octanol–water partition coefficient (Wildman–Crippen LogP) is 2.89. The number of nitrogens with zero attached hydrogens (tertiary/aromatic N) is 1. The molecule has 1 radical (unpaired) electrons. The van der Waals surface area contributed by atoms with Crippen LogP contribution in [0.4, 0.5) is 14.9 Å². The summed E-state index contributed by atoms with van der Waals surface area (Å²) in [4.78, 5) is 34.1.